The quantitative estimate of drug-likeness (QED) is 0.856. The van der Waals surface area contributed by atoms with Crippen molar-refractivity contribution in [2.75, 3.05) is 24.5 Å². The normalized spacial score (nSPS) is 22.7. The number of aromatic nitrogens is 2. The minimum absolute atomic E-state index is 0.000967. The van der Waals surface area contributed by atoms with Crippen LogP contribution in [0.4, 0.5) is 10.1 Å². The Bertz CT molecular complexity index is 770. The first-order chi connectivity index (χ1) is 12.1. The standard InChI is InChI=1S/C18H21FN4O2/c1-12-20-17(21-25-12)13-6-9-22(10-7-13)16-8-11-23(18(16)24)15-5-3-2-4-14(15)19/h2-5,13,16H,6-11H2,1H3. The van der Waals surface area contributed by atoms with E-state index in [1.807, 2.05) is 0 Å². The molecule has 1 unspecified atom stereocenters. The Labute approximate surface area is 145 Å². The second kappa shape index (κ2) is 6.55. The van der Waals surface area contributed by atoms with Crippen molar-refractivity contribution in [2.24, 2.45) is 0 Å². The zero-order valence-corrected chi connectivity index (χ0v) is 14.2. The molecule has 1 aromatic heterocycles. The van der Waals surface area contributed by atoms with Crippen LogP contribution in [0.5, 0.6) is 0 Å². The minimum Gasteiger partial charge on any atom is -0.340 e. The van der Waals surface area contributed by atoms with Crippen molar-refractivity contribution in [1.82, 2.24) is 15.0 Å². The number of hydrogen-bond acceptors (Lipinski definition) is 5. The summed E-state index contributed by atoms with van der Waals surface area (Å²) in [5.74, 6) is 1.29. The first-order valence-corrected chi connectivity index (χ1v) is 8.73. The van der Waals surface area contributed by atoms with E-state index in [4.69, 9.17) is 4.52 Å². The molecule has 0 aliphatic carbocycles. The van der Waals surface area contributed by atoms with Crippen molar-refractivity contribution in [3.05, 3.63) is 41.8 Å². The van der Waals surface area contributed by atoms with Crippen molar-refractivity contribution in [2.45, 2.75) is 38.1 Å². The van der Waals surface area contributed by atoms with E-state index in [0.29, 0.717) is 18.1 Å². The van der Waals surface area contributed by atoms with Gasteiger partial charge in [0, 0.05) is 19.4 Å². The molecule has 25 heavy (non-hydrogen) atoms. The molecule has 132 valence electrons. The monoisotopic (exact) mass is 344 g/mol. The fraction of sp³-hybridized carbons (Fsp3) is 0.500. The van der Waals surface area contributed by atoms with Crippen LogP contribution in [0.1, 0.15) is 36.9 Å². The van der Waals surface area contributed by atoms with Gasteiger partial charge in [-0.15, -0.1) is 0 Å². The maximum atomic E-state index is 14.0. The lowest BCUT2D eigenvalue weighted by Gasteiger charge is -2.34. The number of carbonyl (C=O) groups is 1. The molecular formula is C18H21FN4O2. The number of para-hydroxylation sites is 1. The van der Waals surface area contributed by atoms with Crippen molar-refractivity contribution >= 4 is 11.6 Å². The van der Waals surface area contributed by atoms with Gasteiger partial charge in [0.2, 0.25) is 11.8 Å². The van der Waals surface area contributed by atoms with Gasteiger partial charge in [-0.3, -0.25) is 9.69 Å². The molecule has 2 saturated heterocycles. The zero-order chi connectivity index (χ0) is 17.4. The molecule has 2 aromatic rings. The fourth-order valence-corrected chi connectivity index (χ4v) is 3.86. The minimum atomic E-state index is -0.345. The van der Waals surface area contributed by atoms with Crippen LogP contribution in [0.25, 0.3) is 0 Å². The molecule has 0 bridgehead atoms. The summed E-state index contributed by atoms with van der Waals surface area (Å²) in [5, 5.41) is 4.02. The molecule has 3 heterocycles. The largest absolute Gasteiger partial charge is 0.340 e. The number of amides is 1. The van der Waals surface area contributed by atoms with Gasteiger partial charge in [0.05, 0.1) is 11.7 Å². The maximum absolute atomic E-state index is 14.0. The second-order valence-corrected chi connectivity index (χ2v) is 6.73. The van der Waals surface area contributed by atoms with Crippen LogP contribution in [0.3, 0.4) is 0 Å². The summed E-state index contributed by atoms with van der Waals surface area (Å²) in [5.41, 5.74) is 0.382. The third-order valence-corrected chi connectivity index (χ3v) is 5.20. The number of likely N-dealkylation sites (tertiary alicyclic amines) is 1. The number of carbonyl (C=O) groups excluding carboxylic acids is 1. The lowest BCUT2D eigenvalue weighted by molar-refractivity contribution is -0.122. The van der Waals surface area contributed by atoms with Gasteiger partial charge in [-0.05, 0) is 44.5 Å². The molecule has 2 aliphatic heterocycles. The van der Waals surface area contributed by atoms with Gasteiger partial charge in [-0.1, -0.05) is 17.3 Å². The highest BCUT2D eigenvalue weighted by atomic mass is 19.1. The molecule has 1 aromatic carbocycles. The van der Waals surface area contributed by atoms with E-state index in [1.54, 1.807) is 30.0 Å². The van der Waals surface area contributed by atoms with Crippen LogP contribution in [0.2, 0.25) is 0 Å². The third kappa shape index (κ3) is 3.04. The predicted octanol–water partition coefficient (Wildman–Crippen LogP) is 2.50. The lowest BCUT2D eigenvalue weighted by atomic mass is 9.95. The SMILES string of the molecule is Cc1nc(C2CCN(C3CCN(c4ccccc4F)C3=O)CC2)no1. The van der Waals surface area contributed by atoms with E-state index in [2.05, 4.69) is 15.0 Å². The molecular weight excluding hydrogens is 323 g/mol. The number of hydrogen-bond donors (Lipinski definition) is 0. The number of rotatable bonds is 3. The average Bonchev–Trinajstić information content (AvgIpc) is 3.22. The van der Waals surface area contributed by atoms with E-state index < -0.39 is 0 Å². The van der Waals surface area contributed by atoms with E-state index in [0.717, 1.165) is 38.2 Å². The van der Waals surface area contributed by atoms with Gasteiger partial charge >= 0.3 is 0 Å². The third-order valence-electron chi connectivity index (χ3n) is 5.20. The summed E-state index contributed by atoms with van der Waals surface area (Å²) in [6.07, 6.45) is 2.55. The number of halogens is 1. The highest BCUT2D eigenvalue weighted by Gasteiger charge is 2.39. The van der Waals surface area contributed by atoms with Gasteiger partial charge in [0.1, 0.15) is 5.82 Å². The smallest absolute Gasteiger partial charge is 0.244 e. The molecule has 1 amide bonds. The molecule has 6 nitrogen and oxygen atoms in total. The molecule has 7 heteroatoms. The Hall–Kier alpha value is -2.28. The lowest BCUT2D eigenvalue weighted by Crippen LogP contribution is -2.45. The Kier molecular flexibility index (Phi) is 4.25. The number of anilines is 1. The molecule has 2 aliphatic rings. The molecule has 0 N–H and O–H groups in total. The van der Waals surface area contributed by atoms with E-state index in [1.165, 1.54) is 6.07 Å². The van der Waals surface area contributed by atoms with Crippen LogP contribution in [-0.2, 0) is 4.79 Å². The van der Waals surface area contributed by atoms with Crippen molar-refractivity contribution in [1.29, 1.82) is 0 Å². The Morgan fingerprint density at radius 2 is 1.92 bits per heavy atom. The number of aryl methyl sites for hydroxylation is 1. The predicted molar refractivity (Wildman–Crippen MR) is 89.7 cm³/mol. The number of nitrogens with zero attached hydrogens (tertiary/aromatic N) is 4. The van der Waals surface area contributed by atoms with Gasteiger partial charge in [0.25, 0.3) is 0 Å². The van der Waals surface area contributed by atoms with E-state index in [9.17, 15) is 9.18 Å². The topological polar surface area (TPSA) is 62.5 Å². The number of benzene rings is 1. The Balaban J connectivity index is 1.41. The van der Waals surface area contributed by atoms with Gasteiger partial charge in [-0.25, -0.2) is 4.39 Å². The number of piperidine rings is 1. The summed E-state index contributed by atoms with van der Waals surface area (Å²) >= 11 is 0. The zero-order valence-electron chi connectivity index (χ0n) is 14.2. The van der Waals surface area contributed by atoms with Crippen LogP contribution < -0.4 is 4.90 Å². The summed E-state index contributed by atoms with van der Waals surface area (Å²) in [6.45, 7) is 3.99. The first kappa shape index (κ1) is 16.2. The molecule has 0 saturated carbocycles. The molecule has 0 radical (unpaired) electrons. The second-order valence-electron chi connectivity index (χ2n) is 6.73. The molecule has 0 spiro atoms. The Morgan fingerprint density at radius 3 is 2.60 bits per heavy atom. The van der Waals surface area contributed by atoms with Crippen LogP contribution >= 0.6 is 0 Å². The van der Waals surface area contributed by atoms with Crippen LogP contribution in [0, 0.1) is 12.7 Å². The Morgan fingerprint density at radius 1 is 1.16 bits per heavy atom. The molecule has 2 fully saturated rings. The van der Waals surface area contributed by atoms with Crippen molar-refractivity contribution in [3.63, 3.8) is 0 Å². The van der Waals surface area contributed by atoms with Crippen LogP contribution in [-0.4, -0.2) is 46.6 Å². The summed E-state index contributed by atoms with van der Waals surface area (Å²) < 4.78 is 19.1. The summed E-state index contributed by atoms with van der Waals surface area (Å²) in [7, 11) is 0. The molecule has 4 rings (SSSR count). The van der Waals surface area contributed by atoms with Crippen molar-refractivity contribution < 1.29 is 13.7 Å². The highest BCUT2D eigenvalue weighted by Crippen LogP contribution is 2.31. The first-order valence-electron chi connectivity index (χ1n) is 8.73. The maximum Gasteiger partial charge on any atom is 0.244 e. The van der Waals surface area contributed by atoms with Gasteiger partial charge in [0.15, 0.2) is 5.82 Å². The fourth-order valence-electron chi connectivity index (χ4n) is 3.86. The molecule has 1 atom stereocenters. The average molecular weight is 344 g/mol. The van der Waals surface area contributed by atoms with E-state index in [-0.39, 0.29) is 23.7 Å². The van der Waals surface area contributed by atoms with E-state index >= 15 is 0 Å². The van der Waals surface area contributed by atoms with Crippen molar-refractivity contribution in [3.8, 4) is 0 Å². The highest BCUT2D eigenvalue weighted by molar-refractivity contribution is 5.99. The summed E-state index contributed by atoms with van der Waals surface area (Å²) in [6, 6.07) is 6.31. The van der Waals surface area contributed by atoms with Gasteiger partial charge in [-0.2, -0.15) is 4.98 Å². The van der Waals surface area contributed by atoms with Crippen LogP contribution in [0.15, 0.2) is 28.8 Å². The summed E-state index contributed by atoms with van der Waals surface area (Å²) in [4.78, 5) is 20.9. The van der Waals surface area contributed by atoms with Gasteiger partial charge < -0.3 is 9.42 Å².